The summed E-state index contributed by atoms with van der Waals surface area (Å²) in [6.45, 7) is 0.279. The molecule has 1 aromatic heterocycles. The zero-order valence-corrected chi connectivity index (χ0v) is 15.6. The van der Waals surface area contributed by atoms with Crippen molar-refractivity contribution in [3.63, 3.8) is 0 Å². The Bertz CT molecular complexity index is 1060. The summed E-state index contributed by atoms with van der Waals surface area (Å²) < 4.78 is 38.7. The molecule has 0 aliphatic carbocycles. The topological polar surface area (TPSA) is 72.2 Å². The van der Waals surface area contributed by atoms with E-state index in [2.05, 4.69) is 4.98 Å². The second kappa shape index (κ2) is 7.05. The predicted octanol–water partition coefficient (Wildman–Crippen LogP) is 2.89. The molecule has 4 rings (SSSR count). The van der Waals surface area contributed by atoms with Gasteiger partial charge in [0.25, 0.3) is 0 Å². The molecule has 2 atom stereocenters. The highest BCUT2D eigenvalue weighted by atomic mass is 32.2. The van der Waals surface area contributed by atoms with E-state index in [1.54, 1.807) is 12.1 Å². The van der Waals surface area contributed by atoms with Crippen LogP contribution in [0.15, 0.2) is 48.5 Å². The third-order valence-corrected chi connectivity index (χ3v) is 6.98. The van der Waals surface area contributed by atoms with Crippen molar-refractivity contribution in [2.45, 2.75) is 25.5 Å². The van der Waals surface area contributed by atoms with Gasteiger partial charge in [-0.05, 0) is 42.2 Å². The molecule has 1 N–H and O–H groups in total. The Balaban J connectivity index is 1.64. The first kappa shape index (κ1) is 18.1. The van der Waals surface area contributed by atoms with E-state index in [0.717, 1.165) is 16.9 Å². The van der Waals surface area contributed by atoms with Gasteiger partial charge in [-0.25, -0.2) is 17.8 Å². The van der Waals surface area contributed by atoms with E-state index >= 15 is 0 Å². The first-order chi connectivity index (χ1) is 12.9. The van der Waals surface area contributed by atoms with Gasteiger partial charge in [0.15, 0.2) is 9.84 Å². The normalized spacial score (nSPS) is 20.1. The van der Waals surface area contributed by atoms with E-state index in [-0.39, 0.29) is 29.8 Å². The number of sulfone groups is 1. The molecule has 2 aromatic carbocycles. The number of aliphatic hydroxyl groups is 1. The Morgan fingerprint density at radius 2 is 1.93 bits per heavy atom. The molecule has 5 nitrogen and oxygen atoms in total. The monoisotopic (exact) mass is 388 g/mol. The molecule has 0 spiro atoms. The number of para-hydroxylation sites is 2. The summed E-state index contributed by atoms with van der Waals surface area (Å²) in [5, 5.41) is 10.6. The Morgan fingerprint density at radius 1 is 1.19 bits per heavy atom. The van der Waals surface area contributed by atoms with Crippen LogP contribution in [-0.4, -0.2) is 34.6 Å². The Morgan fingerprint density at radius 3 is 2.63 bits per heavy atom. The average Bonchev–Trinajstić information content (AvgIpc) is 3.15. The van der Waals surface area contributed by atoms with Crippen molar-refractivity contribution in [2.75, 3.05) is 11.5 Å². The number of fused-ring (bicyclic) bond motifs is 1. The largest absolute Gasteiger partial charge is 0.387 e. The van der Waals surface area contributed by atoms with Gasteiger partial charge < -0.3 is 9.67 Å². The van der Waals surface area contributed by atoms with Crippen molar-refractivity contribution in [1.29, 1.82) is 0 Å². The van der Waals surface area contributed by atoms with Gasteiger partial charge in [0.05, 0.1) is 35.2 Å². The zero-order valence-electron chi connectivity index (χ0n) is 14.8. The van der Waals surface area contributed by atoms with Gasteiger partial charge in [0.2, 0.25) is 0 Å². The molecule has 1 aliphatic heterocycles. The van der Waals surface area contributed by atoms with E-state index in [0.29, 0.717) is 18.4 Å². The second-order valence-corrected chi connectivity index (χ2v) is 9.40. The fraction of sp³-hybridized carbons (Fsp3) is 0.350. The summed E-state index contributed by atoms with van der Waals surface area (Å²) in [5.74, 6) is 0.905. The van der Waals surface area contributed by atoms with Crippen LogP contribution >= 0.6 is 0 Å². The summed E-state index contributed by atoms with van der Waals surface area (Å²) in [5.41, 5.74) is 2.35. The minimum atomic E-state index is -2.95. The molecule has 0 amide bonds. The fourth-order valence-electron chi connectivity index (χ4n) is 3.74. The van der Waals surface area contributed by atoms with Gasteiger partial charge in [0, 0.05) is 6.42 Å². The molecular weight excluding hydrogens is 367 g/mol. The first-order valence-corrected chi connectivity index (χ1v) is 10.8. The Labute approximate surface area is 157 Å². The van der Waals surface area contributed by atoms with Crippen molar-refractivity contribution >= 4 is 20.9 Å². The van der Waals surface area contributed by atoms with Crippen LogP contribution in [0.25, 0.3) is 11.0 Å². The lowest BCUT2D eigenvalue weighted by Crippen LogP contribution is -2.15. The number of halogens is 1. The van der Waals surface area contributed by atoms with Crippen LogP contribution in [0.1, 0.15) is 23.9 Å². The smallest absolute Gasteiger partial charge is 0.150 e. The van der Waals surface area contributed by atoms with Crippen LogP contribution in [0.2, 0.25) is 0 Å². The summed E-state index contributed by atoms with van der Waals surface area (Å²) in [7, 11) is -2.95. The van der Waals surface area contributed by atoms with Gasteiger partial charge >= 0.3 is 0 Å². The molecule has 0 saturated carbocycles. The molecule has 3 aromatic rings. The number of imidazole rings is 1. The number of aromatic nitrogens is 2. The number of benzene rings is 2. The average molecular weight is 388 g/mol. The maximum Gasteiger partial charge on any atom is 0.150 e. The number of nitrogens with zero attached hydrogens (tertiary/aromatic N) is 2. The van der Waals surface area contributed by atoms with Crippen molar-refractivity contribution in [3.8, 4) is 0 Å². The lowest BCUT2D eigenvalue weighted by molar-refractivity contribution is 0.156. The van der Waals surface area contributed by atoms with Crippen LogP contribution in [-0.2, 0) is 22.8 Å². The van der Waals surface area contributed by atoms with Crippen molar-refractivity contribution in [3.05, 3.63) is 65.7 Å². The van der Waals surface area contributed by atoms with Crippen LogP contribution in [0.5, 0.6) is 0 Å². The van der Waals surface area contributed by atoms with E-state index < -0.39 is 15.9 Å². The molecule has 0 radical (unpaired) electrons. The summed E-state index contributed by atoms with van der Waals surface area (Å²) in [4.78, 5) is 4.68. The summed E-state index contributed by atoms with van der Waals surface area (Å²) in [6, 6.07) is 13.5. The van der Waals surface area contributed by atoms with Crippen molar-refractivity contribution in [2.24, 2.45) is 5.92 Å². The minimum Gasteiger partial charge on any atom is -0.387 e. The van der Waals surface area contributed by atoms with E-state index in [1.165, 1.54) is 12.1 Å². The van der Waals surface area contributed by atoms with Gasteiger partial charge in [-0.3, -0.25) is 0 Å². The molecule has 2 heterocycles. The lowest BCUT2D eigenvalue weighted by atomic mass is 10.0. The van der Waals surface area contributed by atoms with Gasteiger partial charge in [-0.2, -0.15) is 0 Å². The number of hydrogen-bond donors (Lipinski definition) is 1. The SMILES string of the molecule is O=S1(=O)CC[C@@H](Cc2nc3ccccc3n2C[C@@H](O)c2ccc(F)cc2)C1. The van der Waals surface area contributed by atoms with E-state index in [1.807, 2.05) is 28.8 Å². The molecule has 142 valence electrons. The fourth-order valence-corrected chi connectivity index (χ4v) is 5.60. The Hall–Kier alpha value is -2.25. The lowest BCUT2D eigenvalue weighted by Gasteiger charge is -2.16. The minimum absolute atomic E-state index is 0.0496. The number of rotatable bonds is 5. The molecule has 7 heteroatoms. The van der Waals surface area contributed by atoms with Gasteiger partial charge in [-0.15, -0.1) is 0 Å². The van der Waals surface area contributed by atoms with Crippen molar-refractivity contribution < 1.29 is 17.9 Å². The van der Waals surface area contributed by atoms with Crippen molar-refractivity contribution in [1.82, 2.24) is 9.55 Å². The molecule has 0 bridgehead atoms. The summed E-state index contributed by atoms with van der Waals surface area (Å²) in [6.07, 6.45) is 0.394. The second-order valence-electron chi connectivity index (χ2n) is 7.17. The molecular formula is C20H21FN2O3S. The Kier molecular flexibility index (Phi) is 4.74. The van der Waals surface area contributed by atoms with E-state index in [9.17, 15) is 17.9 Å². The third-order valence-electron chi connectivity index (χ3n) is 5.14. The number of aliphatic hydroxyl groups excluding tert-OH is 1. The maximum atomic E-state index is 13.1. The highest BCUT2D eigenvalue weighted by molar-refractivity contribution is 7.91. The van der Waals surface area contributed by atoms with E-state index in [4.69, 9.17) is 0 Å². The molecule has 1 fully saturated rings. The van der Waals surface area contributed by atoms with Crippen LogP contribution < -0.4 is 0 Å². The summed E-state index contributed by atoms with van der Waals surface area (Å²) >= 11 is 0. The standard InChI is InChI=1S/C20H21FN2O3S/c21-16-7-5-15(6-8-16)19(24)12-23-18-4-2-1-3-17(18)22-20(23)11-14-9-10-27(25,26)13-14/h1-8,14,19,24H,9-13H2/t14-,19+/m0/s1. The van der Waals surface area contributed by atoms with Gasteiger partial charge in [-0.1, -0.05) is 24.3 Å². The van der Waals surface area contributed by atoms with Crippen LogP contribution in [0.4, 0.5) is 4.39 Å². The maximum absolute atomic E-state index is 13.1. The highest BCUT2D eigenvalue weighted by Crippen LogP contribution is 2.27. The molecule has 1 saturated heterocycles. The predicted molar refractivity (Wildman–Crippen MR) is 102 cm³/mol. The van der Waals surface area contributed by atoms with Gasteiger partial charge in [0.1, 0.15) is 11.6 Å². The quantitative estimate of drug-likeness (QED) is 0.730. The molecule has 27 heavy (non-hydrogen) atoms. The zero-order chi connectivity index (χ0) is 19.0. The van der Waals surface area contributed by atoms with Crippen LogP contribution in [0, 0.1) is 11.7 Å². The molecule has 0 unspecified atom stereocenters. The first-order valence-electron chi connectivity index (χ1n) is 8.99. The molecule has 1 aliphatic rings. The number of hydrogen-bond acceptors (Lipinski definition) is 4. The third kappa shape index (κ3) is 3.89. The highest BCUT2D eigenvalue weighted by Gasteiger charge is 2.29. The van der Waals surface area contributed by atoms with Crippen LogP contribution in [0.3, 0.4) is 0 Å².